The maximum Gasteiger partial charge on any atom is 0.256 e. The summed E-state index contributed by atoms with van der Waals surface area (Å²) in [7, 11) is -7.12. The third-order valence-electron chi connectivity index (χ3n) is 6.18. The lowest BCUT2D eigenvalue weighted by atomic mass is 10.1. The van der Waals surface area contributed by atoms with Crippen LogP contribution in [0.5, 0.6) is 0 Å². The predicted molar refractivity (Wildman–Crippen MR) is 135 cm³/mol. The Morgan fingerprint density at radius 3 is 2.26 bits per heavy atom. The molecule has 2 aliphatic heterocycles. The minimum absolute atomic E-state index is 0.0489. The second-order valence-electron chi connectivity index (χ2n) is 8.92. The van der Waals surface area contributed by atoms with Crippen LogP contribution in [0.25, 0.3) is 0 Å². The highest BCUT2D eigenvalue weighted by Gasteiger charge is 2.30. The Labute approximate surface area is 201 Å². The Bertz CT molecular complexity index is 1320. The number of amides is 1. The van der Waals surface area contributed by atoms with E-state index in [1.165, 1.54) is 27.6 Å². The molecule has 0 radical (unpaired) electrons. The Balaban J connectivity index is 1.56. The second-order valence-corrected chi connectivity index (χ2v) is 12.7. The fourth-order valence-electron chi connectivity index (χ4n) is 4.57. The lowest BCUT2D eigenvalue weighted by Gasteiger charge is -2.37. The topological polar surface area (TPSA) is 107 Å². The number of carbonyl (C=O) groups excluding carboxylic acids is 1. The van der Waals surface area contributed by atoms with Gasteiger partial charge >= 0.3 is 0 Å². The summed E-state index contributed by atoms with van der Waals surface area (Å²) in [5.41, 5.74) is 4.17. The van der Waals surface area contributed by atoms with Crippen LogP contribution in [-0.4, -0.2) is 72.4 Å². The van der Waals surface area contributed by atoms with Gasteiger partial charge in [0.15, 0.2) is 0 Å². The second kappa shape index (κ2) is 9.10. The molecule has 2 fully saturated rings. The van der Waals surface area contributed by atoms with E-state index in [9.17, 15) is 21.6 Å². The first-order valence-electron chi connectivity index (χ1n) is 11.2. The van der Waals surface area contributed by atoms with E-state index in [4.69, 9.17) is 0 Å². The number of hydrogen-bond acceptors (Lipinski definition) is 6. The van der Waals surface area contributed by atoms with Gasteiger partial charge in [-0.3, -0.25) is 13.8 Å². The number of anilines is 3. The minimum Gasteiger partial charge on any atom is -0.368 e. The highest BCUT2D eigenvalue weighted by molar-refractivity contribution is 7.93. The Morgan fingerprint density at radius 2 is 1.68 bits per heavy atom. The van der Waals surface area contributed by atoms with Crippen molar-refractivity contribution in [3.8, 4) is 0 Å². The molecule has 4 rings (SSSR count). The highest BCUT2D eigenvalue weighted by atomic mass is 32.2. The molecule has 0 spiro atoms. The number of benzene rings is 2. The number of aryl methyl sites for hydroxylation is 2. The summed E-state index contributed by atoms with van der Waals surface area (Å²) in [5.74, 6) is -0.241. The van der Waals surface area contributed by atoms with Crippen molar-refractivity contribution in [3.05, 3.63) is 53.1 Å². The van der Waals surface area contributed by atoms with Gasteiger partial charge < -0.3 is 9.80 Å². The molecule has 9 nitrogen and oxygen atoms in total. The molecule has 2 heterocycles. The Morgan fingerprint density at radius 1 is 0.971 bits per heavy atom. The first-order chi connectivity index (χ1) is 15.9. The van der Waals surface area contributed by atoms with Crippen LogP contribution in [0, 0.1) is 13.8 Å². The third kappa shape index (κ3) is 5.15. The van der Waals surface area contributed by atoms with Gasteiger partial charge in [-0.05, 0) is 50.1 Å². The van der Waals surface area contributed by atoms with Gasteiger partial charge in [0.05, 0.1) is 28.9 Å². The van der Waals surface area contributed by atoms with Gasteiger partial charge in [0, 0.05) is 38.4 Å². The van der Waals surface area contributed by atoms with Crippen molar-refractivity contribution >= 4 is 43.0 Å². The van der Waals surface area contributed by atoms with Crippen LogP contribution in [0.1, 0.15) is 27.9 Å². The smallest absolute Gasteiger partial charge is 0.256 e. The van der Waals surface area contributed by atoms with Gasteiger partial charge in [0.1, 0.15) is 0 Å². The van der Waals surface area contributed by atoms with E-state index in [1.54, 1.807) is 11.0 Å². The van der Waals surface area contributed by atoms with Crippen LogP contribution in [-0.2, 0) is 20.0 Å². The van der Waals surface area contributed by atoms with Gasteiger partial charge in [-0.25, -0.2) is 16.8 Å². The average Bonchev–Trinajstić information content (AvgIpc) is 3.11. The van der Waals surface area contributed by atoms with Gasteiger partial charge in [-0.2, -0.15) is 0 Å². The molecule has 2 aliphatic rings. The van der Waals surface area contributed by atoms with E-state index < -0.39 is 20.0 Å². The summed E-state index contributed by atoms with van der Waals surface area (Å²) in [4.78, 5) is 17.3. The number of rotatable bonds is 5. The van der Waals surface area contributed by atoms with E-state index in [0.717, 1.165) is 11.9 Å². The monoisotopic (exact) mass is 506 g/mol. The third-order valence-corrected chi connectivity index (χ3v) is 8.64. The van der Waals surface area contributed by atoms with Crippen LogP contribution < -0.4 is 13.9 Å². The van der Waals surface area contributed by atoms with Crippen LogP contribution >= 0.6 is 0 Å². The van der Waals surface area contributed by atoms with Gasteiger partial charge in [-0.1, -0.05) is 17.7 Å². The number of sulfonamides is 2. The normalized spacial score (nSPS) is 18.3. The summed E-state index contributed by atoms with van der Waals surface area (Å²) in [6, 6.07) is 10.8. The zero-order chi connectivity index (χ0) is 24.7. The zero-order valence-corrected chi connectivity index (χ0v) is 21.2. The molecule has 2 aromatic carbocycles. The van der Waals surface area contributed by atoms with E-state index in [1.807, 2.05) is 0 Å². The SMILES string of the molecule is Cc1ccc(N2CCN(C(=O)c3ccc(N4CCCS4(=O)=O)cc3NS(C)(=O)=O)CC2)c(C)c1. The Kier molecular flexibility index (Phi) is 6.52. The maximum atomic E-state index is 13.4. The van der Waals surface area contributed by atoms with Gasteiger partial charge in [0.2, 0.25) is 20.0 Å². The molecule has 1 N–H and O–H groups in total. The molecule has 0 unspecified atom stereocenters. The quantitative estimate of drug-likeness (QED) is 0.666. The van der Waals surface area contributed by atoms with Crippen molar-refractivity contribution in [2.24, 2.45) is 0 Å². The number of carbonyl (C=O) groups is 1. The molecule has 0 atom stereocenters. The van der Waals surface area contributed by atoms with Crippen molar-refractivity contribution in [2.75, 3.05) is 58.7 Å². The largest absolute Gasteiger partial charge is 0.368 e. The number of hydrogen-bond donors (Lipinski definition) is 1. The number of nitrogens with one attached hydrogen (secondary N) is 1. The fraction of sp³-hybridized carbons (Fsp3) is 0.435. The van der Waals surface area contributed by atoms with Crippen LogP contribution in [0.15, 0.2) is 36.4 Å². The molecule has 1 amide bonds. The summed E-state index contributed by atoms with van der Waals surface area (Å²) in [5, 5.41) is 0. The summed E-state index contributed by atoms with van der Waals surface area (Å²) >= 11 is 0. The molecule has 0 aliphatic carbocycles. The molecule has 0 bridgehead atoms. The minimum atomic E-state index is -3.68. The van der Waals surface area contributed by atoms with E-state index in [-0.39, 0.29) is 22.9 Å². The summed E-state index contributed by atoms with van der Waals surface area (Å²) < 4.78 is 52.3. The zero-order valence-electron chi connectivity index (χ0n) is 19.6. The van der Waals surface area contributed by atoms with Gasteiger partial charge in [-0.15, -0.1) is 0 Å². The van der Waals surface area contributed by atoms with E-state index in [0.29, 0.717) is 44.8 Å². The van der Waals surface area contributed by atoms with Crippen molar-refractivity contribution < 1.29 is 21.6 Å². The van der Waals surface area contributed by atoms with Crippen LogP contribution in [0.2, 0.25) is 0 Å². The first kappa shape index (κ1) is 24.3. The molecule has 184 valence electrons. The molecular weight excluding hydrogens is 476 g/mol. The van der Waals surface area contributed by atoms with E-state index >= 15 is 0 Å². The number of piperazine rings is 1. The van der Waals surface area contributed by atoms with E-state index in [2.05, 4.69) is 41.7 Å². The van der Waals surface area contributed by atoms with Crippen LogP contribution in [0.4, 0.5) is 17.1 Å². The summed E-state index contributed by atoms with van der Waals surface area (Å²) in [6.45, 7) is 6.77. The van der Waals surface area contributed by atoms with Crippen molar-refractivity contribution in [1.82, 2.24) is 4.90 Å². The molecule has 2 aromatic rings. The van der Waals surface area contributed by atoms with Crippen molar-refractivity contribution in [1.29, 1.82) is 0 Å². The van der Waals surface area contributed by atoms with Gasteiger partial charge in [0.25, 0.3) is 5.91 Å². The number of nitrogens with zero attached hydrogens (tertiary/aromatic N) is 3. The maximum absolute atomic E-state index is 13.4. The average molecular weight is 507 g/mol. The molecule has 0 saturated carbocycles. The predicted octanol–water partition coefficient (Wildman–Crippen LogP) is 2.18. The lowest BCUT2D eigenvalue weighted by molar-refractivity contribution is 0.0748. The lowest BCUT2D eigenvalue weighted by Crippen LogP contribution is -2.49. The molecule has 0 aromatic heterocycles. The van der Waals surface area contributed by atoms with Crippen LogP contribution in [0.3, 0.4) is 0 Å². The molecule has 11 heteroatoms. The standard InChI is InChI=1S/C23H30N4O5S2/c1-17-5-8-22(18(2)15-17)25-10-12-26(13-11-25)23(28)20-7-6-19(16-21(20)24-33(3,29)30)27-9-4-14-34(27,31)32/h5-8,15-16,24H,4,9-14H2,1-3H3. The van der Waals surface area contributed by atoms with Crippen molar-refractivity contribution in [2.45, 2.75) is 20.3 Å². The molecular formula is C23H30N4O5S2. The highest BCUT2D eigenvalue weighted by Crippen LogP contribution is 2.30. The molecule has 34 heavy (non-hydrogen) atoms. The molecule has 2 saturated heterocycles. The van der Waals surface area contributed by atoms with Crippen molar-refractivity contribution in [3.63, 3.8) is 0 Å². The fourth-order valence-corrected chi connectivity index (χ4v) is 6.69. The summed E-state index contributed by atoms with van der Waals surface area (Å²) in [6.07, 6.45) is 1.51. The Hall–Kier alpha value is -2.79. The first-order valence-corrected chi connectivity index (χ1v) is 14.7.